The number of ketones is 1. The van der Waals surface area contributed by atoms with Crippen LogP contribution in [0.4, 0.5) is 0 Å². The van der Waals surface area contributed by atoms with Crippen LogP contribution in [-0.2, 0) is 14.3 Å². The summed E-state index contributed by atoms with van der Waals surface area (Å²) in [4.78, 5) is 11.8. The Morgan fingerprint density at radius 3 is 2.44 bits per heavy atom. The number of hydrogen-bond acceptors (Lipinski definition) is 4. The van der Waals surface area contributed by atoms with Crippen molar-refractivity contribution in [1.82, 2.24) is 0 Å². The van der Waals surface area contributed by atoms with Crippen molar-refractivity contribution in [3.8, 4) is 0 Å². The van der Waals surface area contributed by atoms with Crippen LogP contribution in [0, 0.1) is 6.92 Å². The van der Waals surface area contributed by atoms with E-state index in [1.54, 1.807) is 0 Å². The average Bonchev–Trinajstić information content (AvgIpc) is 2.55. The minimum atomic E-state index is -0.671. The highest BCUT2D eigenvalue weighted by atomic mass is 16.5. The van der Waals surface area contributed by atoms with Gasteiger partial charge >= 0.3 is 0 Å². The molecule has 0 bridgehead atoms. The number of hydrogen-bond donors (Lipinski definition) is 1. The van der Waals surface area contributed by atoms with Gasteiger partial charge in [0, 0.05) is 5.56 Å². The van der Waals surface area contributed by atoms with Gasteiger partial charge in [0.2, 0.25) is 17.4 Å². The summed E-state index contributed by atoms with van der Waals surface area (Å²) in [5, 5.41) is 0. The van der Waals surface area contributed by atoms with Crippen LogP contribution in [-0.4, -0.2) is 12.9 Å². The van der Waals surface area contributed by atoms with Crippen molar-refractivity contribution in [2.45, 2.75) is 13.0 Å². The lowest BCUT2D eigenvalue weighted by molar-refractivity contribution is -0.123. The maximum atomic E-state index is 11.8. The number of rotatable bonds is 2. The van der Waals surface area contributed by atoms with Gasteiger partial charge < -0.3 is 15.2 Å². The zero-order valence-electron chi connectivity index (χ0n) is 9.19. The van der Waals surface area contributed by atoms with Gasteiger partial charge in [-0.25, -0.2) is 0 Å². The standard InChI is InChI=1S/C12H13NO3/c1-7-3-5-8(6-4-7)10-9(14)11(15-2)12(13)16-10/h3-6,10H,13H2,1-2H3. The number of carbonyl (C=O) groups excluding carboxylic acids is 1. The molecule has 1 heterocycles. The molecule has 0 aromatic heterocycles. The molecule has 1 unspecified atom stereocenters. The molecule has 84 valence electrons. The first kappa shape index (κ1) is 10.5. The van der Waals surface area contributed by atoms with Gasteiger partial charge in [0.25, 0.3) is 0 Å². The Bertz CT molecular complexity index is 448. The van der Waals surface area contributed by atoms with Crippen molar-refractivity contribution >= 4 is 5.78 Å². The Kier molecular flexibility index (Phi) is 2.56. The summed E-state index contributed by atoms with van der Waals surface area (Å²) in [7, 11) is 1.40. The van der Waals surface area contributed by atoms with E-state index in [9.17, 15) is 4.79 Å². The minimum Gasteiger partial charge on any atom is -0.489 e. The molecule has 16 heavy (non-hydrogen) atoms. The topological polar surface area (TPSA) is 61.6 Å². The van der Waals surface area contributed by atoms with Crippen LogP contribution < -0.4 is 5.73 Å². The van der Waals surface area contributed by atoms with Crippen molar-refractivity contribution in [2.75, 3.05) is 7.11 Å². The fourth-order valence-electron chi connectivity index (χ4n) is 1.64. The van der Waals surface area contributed by atoms with Crippen LogP contribution >= 0.6 is 0 Å². The first-order chi connectivity index (χ1) is 7.63. The quantitative estimate of drug-likeness (QED) is 0.816. The molecule has 0 spiro atoms. The largest absolute Gasteiger partial charge is 0.489 e. The highest BCUT2D eigenvalue weighted by molar-refractivity contribution is 5.99. The lowest BCUT2D eigenvalue weighted by atomic mass is 10.0. The average molecular weight is 219 g/mol. The van der Waals surface area contributed by atoms with Crippen LogP contribution in [0.2, 0.25) is 0 Å². The summed E-state index contributed by atoms with van der Waals surface area (Å²) in [6.07, 6.45) is -0.671. The number of nitrogens with two attached hydrogens (primary N) is 1. The summed E-state index contributed by atoms with van der Waals surface area (Å²) in [5.41, 5.74) is 7.46. The number of benzene rings is 1. The van der Waals surface area contributed by atoms with Crippen LogP contribution in [0.1, 0.15) is 17.2 Å². The Hall–Kier alpha value is -1.97. The van der Waals surface area contributed by atoms with Crippen LogP contribution in [0.15, 0.2) is 35.9 Å². The third kappa shape index (κ3) is 1.62. The van der Waals surface area contributed by atoms with Crippen molar-refractivity contribution in [2.24, 2.45) is 5.73 Å². The SMILES string of the molecule is COC1=C(N)OC(c2ccc(C)cc2)C1=O. The molecule has 1 aliphatic rings. The molecular formula is C12H13NO3. The zero-order chi connectivity index (χ0) is 11.7. The van der Waals surface area contributed by atoms with Crippen LogP contribution in [0.25, 0.3) is 0 Å². The van der Waals surface area contributed by atoms with Crippen LogP contribution in [0.5, 0.6) is 0 Å². The summed E-state index contributed by atoms with van der Waals surface area (Å²) in [6.45, 7) is 1.98. The molecule has 1 aliphatic heterocycles. The first-order valence-corrected chi connectivity index (χ1v) is 4.94. The smallest absolute Gasteiger partial charge is 0.248 e. The van der Waals surface area contributed by atoms with E-state index in [4.69, 9.17) is 15.2 Å². The van der Waals surface area contributed by atoms with Gasteiger partial charge in [-0.05, 0) is 6.92 Å². The summed E-state index contributed by atoms with van der Waals surface area (Å²) in [5.74, 6) is -0.0764. The molecular weight excluding hydrogens is 206 g/mol. The fraction of sp³-hybridized carbons (Fsp3) is 0.250. The van der Waals surface area contributed by atoms with E-state index >= 15 is 0 Å². The lowest BCUT2D eigenvalue weighted by Crippen LogP contribution is -2.10. The van der Waals surface area contributed by atoms with E-state index < -0.39 is 6.10 Å². The van der Waals surface area contributed by atoms with Crippen molar-refractivity contribution in [3.05, 3.63) is 47.0 Å². The molecule has 0 saturated carbocycles. The third-order valence-corrected chi connectivity index (χ3v) is 2.51. The predicted octanol–water partition coefficient (Wildman–Crippen LogP) is 1.41. The molecule has 2 N–H and O–H groups in total. The van der Waals surface area contributed by atoms with Gasteiger partial charge in [-0.2, -0.15) is 0 Å². The molecule has 1 aromatic carbocycles. The molecule has 0 radical (unpaired) electrons. The molecule has 0 fully saturated rings. The lowest BCUT2D eigenvalue weighted by Gasteiger charge is -2.09. The van der Waals surface area contributed by atoms with E-state index in [-0.39, 0.29) is 17.4 Å². The molecule has 2 rings (SSSR count). The highest BCUT2D eigenvalue weighted by Gasteiger charge is 2.36. The Morgan fingerprint density at radius 2 is 1.94 bits per heavy atom. The summed E-state index contributed by atoms with van der Waals surface area (Å²) in [6, 6.07) is 7.55. The van der Waals surface area contributed by atoms with E-state index in [0.717, 1.165) is 11.1 Å². The monoisotopic (exact) mass is 219 g/mol. The fourth-order valence-corrected chi connectivity index (χ4v) is 1.64. The number of carbonyl (C=O) groups is 1. The third-order valence-electron chi connectivity index (χ3n) is 2.51. The molecule has 4 nitrogen and oxygen atoms in total. The minimum absolute atomic E-state index is 0.0538. The van der Waals surface area contributed by atoms with Gasteiger partial charge in [0.1, 0.15) is 0 Å². The normalized spacial score (nSPS) is 19.9. The molecule has 0 saturated heterocycles. The number of aryl methyl sites for hydroxylation is 1. The second-order valence-electron chi connectivity index (χ2n) is 3.67. The Morgan fingerprint density at radius 1 is 1.31 bits per heavy atom. The van der Waals surface area contributed by atoms with Gasteiger partial charge in [0.05, 0.1) is 7.11 Å². The number of ether oxygens (including phenoxy) is 2. The summed E-state index contributed by atoms with van der Waals surface area (Å²) >= 11 is 0. The first-order valence-electron chi connectivity index (χ1n) is 4.94. The summed E-state index contributed by atoms with van der Waals surface area (Å²) < 4.78 is 10.2. The Balaban J connectivity index is 2.27. The maximum Gasteiger partial charge on any atom is 0.248 e. The van der Waals surface area contributed by atoms with E-state index in [1.807, 2.05) is 31.2 Å². The molecule has 1 aromatic rings. The van der Waals surface area contributed by atoms with E-state index in [0.29, 0.717) is 0 Å². The zero-order valence-corrected chi connectivity index (χ0v) is 9.19. The second-order valence-corrected chi connectivity index (χ2v) is 3.67. The van der Waals surface area contributed by atoms with Crippen molar-refractivity contribution < 1.29 is 14.3 Å². The molecule has 4 heteroatoms. The highest BCUT2D eigenvalue weighted by Crippen LogP contribution is 2.30. The van der Waals surface area contributed by atoms with Crippen LogP contribution in [0.3, 0.4) is 0 Å². The second kappa shape index (κ2) is 3.89. The van der Waals surface area contributed by atoms with Crippen molar-refractivity contribution in [3.63, 3.8) is 0 Å². The predicted molar refractivity (Wildman–Crippen MR) is 58.2 cm³/mol. The van der Waals surface area contributed by atoms with Gasteiger partial charge in [0.15, 0.2) is 6.10 Å². The molecule has 0 amide bonds. The van der Waals surface area contributed by atoms with Gasteiger partial charge in [-0.15, -0.1) is 0 Å². The number of Topliss-reactive ketones (excluding diaryl/α,β-unsaturated/α-hetero) is 1. The Labute approximate surface area is 93.7 Å². The number of methoxy groups -OCH3 is 1. The van der Waals surface area contributed by atoms with E-state index in [2.05, 4.69) is 0 Å². The van der Waals surface area contributed by atoms with Gasteiger partial charge in [-0.1, -0.05) is 29.8 Å². The maximum absolute atomic E-state index is 11.8. The molecule has 0 aliphatic carbocycles. The van der Waals surface area contributed by atoms with Crippen molar-refractivity contribution in [1.29, 1.82) is 0 Å². The molecule has 1 atom stereocenters. The van der Waals surface area contributed by atoms with Gasteiger partial charge in [-0.3, -0.25) is 4.79 Å². The van der Waals surface area contributed by atoms with E-state index in [1.165, 1.54) is 7.11 Å².